The lowest BCUT2D eigenvalue weighted by Crippen LogP contribution is -2.40. The Morgan fingerprint density at radius 1 is 1.26 bits per heavy atom. The largest absolute Gasteiger partial charge is 0.370 e. The maximum atomic E-state index is 12.5. The van der Waals surface area contributed by atoms with Gasteiger partial charge < -0.3 is 15.5 Å². The fourth-order valence-electron chi connectivity index (χ4n) is 3.21. The third kappa shape index (κ3) is 3.96. The summed E-state index contributed by atoms with van der Waals surface area (Å²) in [4.78, 5) is 26.0. The van der Waals surface area contributed by atoms with Gasteiger partial charge in [-0.3, -0.25) is 9.59 Å². The second kappa shape index (κ2) is 7.21. The molecule has 5 nitrogen and oxygen atoms in total. The minimum Gasteiger partial charge on any atom is -0.370 e. The highest BCUT2D eigenvalue weighted by Gasteiger charge is 2.25. The fourth-order valence-corrected chi connectivity index (χ4v) is 3.38. The second-order valence-corrected chi connectivity index (χ2v) is 6.67. The van der Waals surface area contributed by atoms with Gasteiger partial charge >= 0.3 is 0 Å². The first-order chi connectivity index (χ1) is 11.1. The summed E-state index contributed by atoms with van der Waals surface area (Å²) in [7, 11) is 0. The van der Waals surface area contributed by atoms with E-state index < -0.39 is 0 Å². The van der Waals surface area contributed by atoms with E-state index >= 15 is 0 Å². The topological polar surface area (TPSA) is 61.4 Å². The van der Waals surface area contributed by atoms with Crippen LogP contribution in [-0.2, 0) is 9.59 Å². The first-order valence-corrected chi connectivity index (χ1v) is 8.63. The SMILES string of the molecule is O=C1CCC(C(=O)Nc2cc(Cl)ccc2N2CCCCC2)CN1. The van der Waals surface area contributed by atoms with Gasteiger partial charge in [0.2, 0.25) is 11.8 Å². The van der Waals surface area contributed by atoms with Crippen LogP contribution in [0, 0.1) is 5.92 Å². The molecule has 0 saturated carbocycles. The quantitative estimate of drug-likeness (QED) is 0.893. The first kappa shape index (κ1) is 16.1. The van der Waals surface area contributed by atoms with Crippen molar-refractivity contribution in [2.24, 2.45) is 5.92 Å². The van der Waals surface area contributed by atoms with Crippen molar-refractivity contribution in [2.45, 2.75) is 32.1 Å². The Balaban J connectivity index is 1.74. The molecule has 2 saturated heterocycles. The standard InChI is InChI=1S/C17H22ClN3O2/c18-13-5-6-15(21-8-2-1-3-9-21)14(10-13)20-17(23)12-4-7-16(22)19-11-12/h5-6,10,12H,1-4,7-9,11H2,(H,19,22)(H,20,23). The molecule has 1 atom stereocenters. The van der Waals surface area contributed by atoms with E-state index in [2.05, 4.69) is 15.5 Å². The average molecular weight is 336 g/mol. The number of anilines is 2. The van der Waals surface area contributed by atoms with Gasteiger partial charge in [-0.25, -0.2) is 0 Å². The third-order valence-corrected chi connectivity index (χ3v) is 4.78. The molecule has 2 fully saturated rings. The van der Waals surface area contributed by atoms with Crippen LogP contribution in [0.4, 0.5) is 11.4 Å². The van der Waals surface area contributed by atoms with Crippen molar-refractivity contribution in [3.8, 4) is 0 Å². The molecule has 2 N–H and O–H groups in total. The summed E-state index contributed by atoms with van der Waals surface area (Å²) in [6.45, 7) is 2.41. The van der Waals surface area contributed by atoms with Crippen LogP contribution in [0.3, 0.4) is 0 Å². The molecule has 0 spiro atoms. The number of carbonyl (C=O) groups is 2. The van der Waals surface area contributed by atoms with Gasteiger partial charge in [0.15, 0.2) is 0 Å². The van der Waals surface area contributed by atoms with Gasteiger partial charge in [-0.1, -0.05) is 11.6 Å². The molecule has 1 aromatic carbocycles. The summed E-state index contributed by atoms with van der Waals surface area (Å²) in [5.74, 6) is -0.211. The maximum Gasteiger partial charge on any atom is 0.229 e. The highest BCUT2D eigenvalue weighted by Crippen LogP contribution is 2.31. The molecule has 124 valence electrons. The molecule has 0 aromatic heterocycles. The predicted octanol–water partition coefficient (Wildman–Crippen LogP) is 2.80. The molecular formula is C17H22ClN3O2. The summed E-state index contributed by atoms with van der Waals surface area (Å²) in [6.07, 6.45) is 4.60. The van der Waals surface area contributed by atoms with E-state index in [4.69, 9.17) is 11.6 Å². The molecular weight excluding hydrogens is 314 g/mol. The first-order valence-electron chi connectivity index (χ1n) is 8.25. The molecule has 2 amide bonds. The second-order valence-electron chi connectivity index (χ2n) is 6.24. The molecule has 1 unspecified atom stereocenters. The fraction of sp³-hybridized carbons (Fsp3) is 0.529. The zero-order valence-electron chi connectivity index (χ0n) is 13.1. The number of hydrogen-bond donors (Lipinski definition) is 2. The van der Waals surface area contributed by atoms with E-state index in [0.29, 0.717) is 24.4 Å². The molecule has 1 aromatic rings. The van der Waals surface area contributed by atoms with Gasteiger partial charge in [0, 0.05) is 31.1 Å². The van der Waals surface area contributed by atoms with Crippen molar-refractivity contribution in [1.82, 2.24) is 5.32 Å². The minimum atomic E-state index is -0.180. The van der Waals surface area contributed by atoms with Crippen molar-refractivity contribution in [2.75, 3.05) is 29.9 Å². The molecule has 0 bridgehead atoms. The van der Waals surface area contributed by atoms with E-state index in [1.54, 1.807) is 0 Å². The Kier molecular flexibility index (Phi) is 5.06. The monoisotopic (exact) mass is 335 g/mol. The lowest BCUT2D eigenvalue weighted by Gasteiger charge is -2.31. The molecule has 23 heavy (non-hydrogen) atoms. The zero-order chi connectivity index (χ0) is 16.2. The highest BCUT2D eigenvalue weighted by molar-refractivity contribution is 6.31. The number of nitrogens with one attached hydrogen (secondary N) is 2. The number of halogens is 1. The Labute approximate surface area is 141 Å². The lowest BCUT2D eigenvalue weighted by molar-refractivity contribution is -0.126. The van der Waals surface area contributed by atoms with Crippen LogP contribution in [-0.4, -0.2) is 31.4 Å². The Morgan fingerprint density at radius 2 is 2.04 bits per heavy atom. The highest BCUT2D eigenvalue weighted by atomic mass is 35.5. The lowest BCUT2D eigenvalue weighted by atomic mass is 9.98. The number of benzene rings is 1. The van der Waals surface area contributed by atoms with Crippen molar-refractivity contribution in [3.05, 3.63) is 23.2 Å². The van der Waals surface area contributed by atoms with E-state index in [1.165, 1.54) is 19.3 Å². The molecule has 0 radical (unpaired) electrons. The molecule has 6 heteroatoms. The van der Waals surface area contributed by atoms with Gasteiger partial charge in [-0.15, -0.1) is 0 Å². The molecule has 2 aliphatic heterocycles. The molecule has 2 aliphatic rings. The van der Waals surface area contributed by atoms with Crippen LogP contribution in [0.25, 0.3) is 0 Å². The van der Waals surface area contributed by atoms with Crippen LogP contribution in [0.2, 0.25) is 5.02 Å². The Hall–Kier alpha value is -1.75. The molecule has 3 rings (SSSR count). The van der Waals surface area contributed by atoms with Gasteiger partial charge in [-0.2, -0.15) is 0 Å². The predicted molar refractivity (Wildman–Crippen MR) is 91.9 cm³/mol. The average Bonchev–Trinajstić information content (AvgIpc) is 2.56. The number of amides is 2. The van der Waals surface area contributed by atoms with E-state index in [-0.39, 0.29) is 17.7 Å². The third-order valence-electron chi connectivity index (χ3n) is 4.55. The van der Waals surface area contributed by atoms with Gasteiger partial charge in [0.25, 0.3) is 0 Å². The Morgan fingerprint density at radius 3 is 2.74 bits per heavy atom. The number of carbonyl (C=O) groups excluding carboxylic acids is 2. The van der Waals surface area contributed by atoms with Crippen molar-refractivity contribution in [3.63, 3.8) is 0 Å². The zero-order valence-corrected chi connectivity index (χ0v) is 13.9. The van der Waals surface area contributed by atoms with Crippen LogP contribution in [0.15, 0.2) is 18.2 Å². The van der Waals surface area contributed by atoms with Gasteiger partial charge in [0.05, 0.1) is 17.3 Å². The van der Waals surface area contributed by atoms with E-state index in [1.807, 2.05) is 18.2 Å². The number of nitrogens with zero attached hydrogens (tertiary/aromatic N) is 1. The van der Waals surface area contributed by atoms with E-state index in [9.17, 15) is 9.59 Å². The summed E-state index contributed by atoms with van der Waals surface area (Å²) < 4.78 is 0. The van der Waals surface area contributed by atoms with Crippen LogP contribution in [0.1, 0.15) is 32.1 Å². The summed E-state index contributed by atoms with van der Waals surface area (Å²) in [5, 5.41) is 6.38. The maximum absolute atomic E-state index is 12.5. The normalized spacial score (nSPS) is 21.7. The van der Waals surface area contributed by atoms with Crippen molar-refractivity contribution in [1.29, 1.82) is 0 Å². The smallest absolute Gasteiger partial charge is 0.229 e. The Bertz CT molecular complexity index is 590. The minimum absolute atomic E-state index is 0.0193. The summed E-state index contributed by atoms with van der Waals surface area (Å²) in [5.41, 5.74) is 1.79. The molecule has 2 heterocycles. The van der Waals surface area contributed by atoms with Crippen molar-refractivity contribution >= 4 is 34.8 Å². The summed E-state index contributed by atoms with van der Waals surface area (Å²) in [6, 6.07) is 5.65. The number of piperidine rings is 2. The van der Waals surface area contributed by atoms with Crippen molar-refractivity contribution < 1.29 is 9.59 Å². The summed E-state index contributed by atoms with van der Waals surface area (Å²) >= 11 is 6.12. The van der Waals surface area contributed by atoms with Crippen LogP contribution >= 0.6 is 11.6 Å². The number of hydrogen-bond acceptors (Lipinski definition) is 3. The van der Waals surface area contributed by atoms with E-state index in [0.717, 1.165) is 24.5 Å². The van der Waals surface area contributed by atoms with Gasteiger partial charge in [0.1, 0.15) is 0 Å². The van der Waals surface area contributed by atoms with Gasteiger partial charge in [-0.05, 0) is 43.9 Å². The number of rotatable bonds is 3. The van der Waals surface area contributed by atoms with Crippen LogP contribution < -0.4 is 15.5 Å². The van der Waals surface area contributed by atoms with Crippen LogP contribution in [0.5, 0.6) is 0 Å². The molecule has 0 aliphatic carbocycles.